The Balaban J connectivity index is 2.40. The molecule has 0 spiro atoms. The second-order valence-electron chi connectivity index (χ2n) is 3.37. The van der Waals surface area contributed by atoms with Crippen molar-refractivity contribution in [2.75, 3.05) is 0 Å². The molecule has 0 N–H and O–H groups in total. The maximum atomic E-state index is 3.08. The van der Waals surface area contributed by atoms with Crippen LogP contribution in [-0.4, -0.2) is 5.66 Å². The average molecular weight is 226 g/mol. The first-order valence-electron chi connectivity index (χ1n) is 4.26. The van der Waals surface area contributed by atoms with Gasteiger partial charge in [0.15, 0.2) is 0 Å². The van der Waals surface area contributed by atoms with Gasteiger partial charge in [0, 0.05) is 0 Å². The van der Waals surface area contributed by atoms with Gasteiger partial charge in [-0.3, -0.25) is 0 Å². The Morgan fingerprint density at radius 2 is 2.00 bits per heavy atom. The van der Waals surface area contributed by atoms with E-state index in [-0.39, 0.29) is 7.30 Å². The molecular weight excluding hydrogens is 208 g/mol. The van der Waals surface area contributed by atoms with E-state index in [1.807, 2.05) is 0 Å². The van der Waals surface area contributed by atoms with Crippen LogP contribution < -0.4 is 0 Å². The second-order valence-corrected chi connectivity index (χ2v) is 13.0. The molecule has 0 aliphatic heterocycles. The van der Waals surface area contributed by atoms with Crippen molar-refractivity contribution in [3.8, 4) is 0 Å². The van der Waals surface area contributed by atoms with Crippen LogP contribution in [0.2, 0.25) is 0 Å². The van der Waals surface area contributed by atoms with E-state index in [9.17, 15) is 0 Å². The molecule has 6 unspecified atom stereocenters. The van der Waals surface area contributed by atoms with Crippen LogP contribution in [0.25, 0.3) is 0 Å². The Bertz CT molecular complexity index is 113. The Kier molecular flexibility index (Phi) is 5.35. The highest BCUT2D eigenvalue weighted by atomic mass is 32.6. The molecular formula is C7H18P4. The van der Waals surface area contributed by atoms with Crippen molar-refractivity contribution in [2.45, 2.75) is 38.3 Å². The molecule has 0 amide bonds. The van der Waals surface area contributed by atoms with Crippen molar-refractivity contribution in [2.24, 2.45) is 5.92 Å². The lowest BCUT2D eigenvalue weighted by Gasteiger charge is -2.32. The minimum atomic E-state index is 0.272. The van der Waals surface area contributed by atoms with E-state index in [2.05, 4.69) is 24.8 Å². The summed E-state index contributed by atoms with van der Waals surface area (Å²) >= 11 is 0. The molecule has 0 nitrogen and oxygen atoms in total. The zero-order chi connectivity index (χ0) is 8.27. The molecule has 0 radical (unpaired) electrons. The van der Waals surface area contributed by atoms with E-state index in [0.717, 1.165) is 19.5 Å². The van der Waals surface area contributed by atoms with Crippen LogP contribution in [0.4, 0.5) is 0 Å². The minimum absolute atomic E-state index is 0.272. The highest BCUT2D eigenvalue weighted by Crippen LogP contribution is 2.71. The third-order valence-corrected chi connectivity index (χ3v) is 14.1. The van der Waals surface area contributed by atoms with E-state index < -0.39 is 0 Å². The lowest BCUT2D eigenvalue weighted by atomic mass is 9.90. The van der Waals surface area contributed by atoms with E-state index in [4.69, 9.17) is 0 Å². The van der Waals surface area contributed by atoms with Gasteiger partial charge < -0.3 is 0 Å². The summed E-state index contributed by atoms with van der Waals surface area (Å²) < 4.78 is 0. The second kappa shape index (κ2) is 5.45. The van der Waals surface area contributed by atoms with E-state index in [1.54, 1.807) is 0 Å². The lowest BCUT2D eigenvalue weighted by Crippen LogP contribution is -2.18. The van der Waals surface area contributed by atoms with Crippen LogP contribution in [0, 0.1) is 5.92 Å². The van der Waals surface area contributed by atoms with Gasteiger partial charge in [-0.25, -0.2) is 0 Å². The van der Waals surface area contributed by atoms with Crippen molar-refractivity contribution in [3.05, 3.63) is 0 Å². The minimum Gasteiger partial charge on any atom is -0.110 e. The molecule has 11 heavy (non-hydrogen) atoms. The summed E-state index contributed by atoms with van der Waals surface area (Å²) in [5.74, 6) is 1.00. The van der Waals surface area contributed by atoms with Gasteiger partial charge in [-0.1, -0.05) is 41.4 Å². The Morgan fingerprint density at radius 1 is 1.36 bits per heavy atom. The molecule has 0 saturated heterocycles. The largest absolute Gasteiger partial charge is 0.110 e. The Labute approximate surface area is 77.7 Å². The molecule has 1 aliphatic carbocycles. The van der Waals surface area contributed by atoms with Crippen LogP contribution in [0.3, 0.4) is 0 Å². The van der Waals surface area contributed by atoms with Gasteiger partial charge in [0.2, 0.25) is 0 Å². The monoisotopic (exact) mass is 226 g/mol. The molecule has 4 heteroatoms. The standard InChI is InChI=1S/C7H18P4/c1-6-4-2-3-5-7(6)11(9)10-8/h6-7,10H,2-5,8-9H2,1H3. The van der Waals surface area contributed by atoms with Crippen LogP contribution in [0.5, 0.6) is 0 Å². The first-order valence-corrected chi connectivity index (χ1v) is 10.9. The summed E-state index contributed by atoms with van der Waals surface area (Å²) in [4.78, 5) is 0. The molecule has 6 atom stereocenters. The van der Waals surface area contributed by atoms with Crippen LogP contribution in [-0.2, 0) is 0 Å². The average Bonchev–Trinajstić information content (AvgIpc) is 2.04. The van der Waals surface area contributed by atoms with E-state index in [0.29, 0.717) is 0 Å². The molecule has 0 bridgehead atoms. The molecule has 0 aromatic rings. The fourth-order valence-electron chi connectivity index (χ4n) is 1.81. The predicted octanol–water partition coefficient (Wildman–Crippen LogP) is 4.22. The fraction of sp³-hybridized carbons (Fsp3) is 1.00. The maximum absolute atomic E-state index is 3.08. The van der Waals surface area contributed by atoms with Crippen molar-refractivity contribution in [3.63, 3.8) is 0 Å². The van der Waals surface area contributed by atoms with Gasteiger partial charge in [0.1, 0.15) is 0 Å². The molecule has 1 fully saturated rings. The lowest BCUT2D eigenvalue weighted by molar-refractivity contribution is 0.396. The summed E-state index contributed by atoms with van der Waals surface area (Å²) in [7, 11) is 7.36. The quantitative estimate of drug-likeness (QED) is 0.618. The highest BCUT2D eigenvalue weighted by molar-refractivity contribution is 8.61. The Hall–Kier alpha value is 1.72. The molecule has 0 heterocycles. The van der Waals surface area contributed by atoms with Gasteiger partial charge in [-0.15, -0.1) is 17.9 Å². The normalized spacial score (nSPS) is 36.3. The van der Waals surface area contributed by atoms with Crippen molar-refractivity contribution in [1.29, 1.82) is 0 Å². The molecule has 0 aromatic heterocycles. The summed E-state index contributed by atoms with van der Waals surface area (Å²) in [6, 6.07) is 0. The smallest absolute Gasteiger partial charge is 0.0110 e. The molecule has 0 aromatic carbocycles. The zero-order valence-electron chi connectivity index (χ0n) is 7.09. The highest BCUT2D eigenvalue weighted by Gasteiger charge is 2.25. The number of hydrogen-bond acceptors (Lipinski definition) is 0. The SMILES string of the molecule is CC1CCCCC1P(P)PP. The van der Waals surface area contributed by atoms with E-state index in [1.165, 1.54) is 25.7 Å². The van der Waals surface area contributed by atoms with Gasteiger partial charge >= 0.3 is 0 Å². The summed E-state index contributed by atoms with van der Waals surface area (Å²) in [5.41, 5.74) is 1.06. The van der Waals surface area contributed by atoms with Crippen LogP contribution >= 0.6 is 33.1 Å². The van der Waals surface area contributed by atoms with Gasteiger partial charge in [-0.05, 0) is 18.0 Å². The summed E-state index contributed by atoms with van der Waals surface area (Å²) in [5, 5.41) is 0. The predicted molar refractivity (Wildman–Crippen MR) is 66.1 cm³/mol. The maximum Gasteiger partial charge on any atom is -0.0110 e. The van der Waals surface area contributed by atoms with Crippen LogP contribution in [0.15, 0.2) is 0 Å². The van der Waals surface area contributed by atoms with Crippen molar-refractivity contribution < 1.29 is 0 Å². The summed E-state index contributed by atoms with van der Waals surface area (Å²) in [6.07, 6.45) is 5.94. The number of hydrogen-bond donors (Lipinski definition) is 0. The van der Waals surface area contributed by atoms with E-state index >= 15 is 0 Å². The van der Waals surface area contributed by atoms with Crippen molar-refractivity contribution in [1.82, 2.24) is 0 Å². The Morgan fingerprint density at radius 3 is 2.55 bits per heavy atom. The topological polar surface area (TPSA) is 0 Å². The zero-order valence-corrected chi connectivity index (χ0v) is 11.3. The third-order valence-electron chi connectivity index (χ3n) is 2.57. The van der Waals surface area contributed by atoms with Crippen molar-refractivity contribution >= 4 is 33.1 Å². The first kappa shape index (κ1) is 10.8. The summed E-state index contributed by atoms with van der Waals surface area (Å²) in [6.45, 7) is 2.44. The molecule has 1 rings (SSSR count). The van der Waals surface area contributed by atoms with Crippen LogP contribution in [0.1, 0.15) is 32.6 Å². The third kappa shape index (κ3) is 3.16. The van der Waals surface area contributed by atoms with Gasteiger partial charge in [0.05, 0.1) is 0 Å². The number of rotatable bonds is 2. The first-order chi connectivity index (χ1) is 5.25. The molecule has 1 aliphatic rings. The molecule has 66 valence electrons. The molecule has 1 saturated carbocycles. The fourth-order valence-corrected chi connectivity index (χ4v) is 7.93. The van der Waals surface area contributed by atoms with Gasteiger partial charge in [-0.2, -0.15) is 0 Å². The van der Waals surface area contributed by atoms with Gasteiger partial charge in [0.25, 0.3) is 0 Å².